The normalized spacial score (nSPS) is 16.1. The van der Waals surface area contributed by atoms with Crippen molar-refractivity contribution in [2.75, 3.05) is 26.8 Å². The fourth-order valence-electron chi connectivity index (χ4n) is 3.42. The first-order valence-corrected chi connectivity index (χ1v) is 10.9. The minimum Gasteiger partial charge on any atom is -0.489 e. The first-order chi connectivity index (χ1) is 14.8. The van der Waals surface area contributed by atoms with Gasteiger partial charge in [0, 0.05) is 13.7 Å². The van der Waals surface area contributed by atoms with Gasteiger partial charge in [-0.15, -0.1) is 5.10 Å². The SMILES string of the molecule is CCCOC/C(N)=N/N(N)C/C(=C(/N)c1ccc(OC2CCCCC2)c(C)n1)N(C)N. The maximum absolute atomic E-state index is 6.39. The van der Waals surface area contributed by atoms with E-state index in [4.69, 9.17) is 32.6 Å². The quantitative estimate of drug-likeness (QED) is 0.133. The summed E-state index contributed by atoms with van der Waals surface area (Å²) >= 11 is 0. The number of ether oxygens (including phenoxy) is 2. The van der Waals surface area contributed by atoms with Gasteiger partial charge in [0.25, 0.3) is 0 Å². The van der Waals surface area contributed by atoms with Crippen LogP contribution in [0.4, 0.5) is 0 Å². The van der Waals surface area contributed by atoms with E-state index in [1.54, 1.807) is 7.05 Å². The zero-order valence-corrected chi connectivity index (χ0v) is 19.0. The summed E-state index contributed by atoms with van der Waals surface area (Å²) in [5, 5.41) is 6.70. The van der Waals surface area contributed by atoms with Gasteiger partial charge in [0.2, 0.25) is 0 Å². The van der Waals surface area contributed by atoms with E-state index in [0.717, 1.165) is 30.7 Å². The summed E-state index contributed by atoms with van der Waals surface area (Å²) in [6.45, 7) is 4.89. The van der Waals surface area contributed by atoms with Crippen LogP contribution in [0.1, 0.15) is 56.8 Å². The second-order valence-corrected chi connectivity index (χ2v) is 7.87. The largest absolute Gasteiger partial charge is 0.489 e. The molecule has 8 N–H and O–H groups in total. The summed E-state index contributed by atoms with van der Waals surface area (Å²) in [6.07, 6.45) is 7.04. The Morgan fingerprint density at radius 1 is 1.19 bits per heavy atom. The van der Waals surface area contributed by atoms with Gasteiger partial charge in [-0.05, 0) is 51.2 Å². The van der Waals surface area contributed by atoms with E-state index >= 15 is 0 Å². The maximum Gasteiger partial charge on any atom is 0.147 e. The molecule has 1 aliphatic carbocycles. The second kappa shape index (κ2) is 12.3. The number of hydrazine groups is 2. The Labute approximate surface area is 185 Å². The number of pyridine rings is 1. The number of hydrazone groups is 1. The molecular formula is C21H38N8O2. The molecule has 1 saturated carbocycles. The Kier molecular flexibility index (Phi) is 9.83. The van der Waals surface area contributed by atoms with Crippen molar-refractivity contribution in [3.05, 3.63) is 29.2 Å². The van der Waals surface area contributed by atoms with Crippen LogP contribution in [-0.4, -0.2) is 53.9 Å². The van der Waals surface area contributed by atoms with Crippen LogP contribution < -0.4 is 27.9 Å². The number of nitrogens with zero attached hydrogens (tertiary/aromatic N) is 4. The zero-order valence-electron chi connectivity index (χ0n) is 19.0. The lowest BCUT2D eigenvalue weighted by Crippen LogP contribution is -2.39. The lowest BCUT2D eigenvalue weighted by atomic mass is 9.98. The Balaban J connectivity index is 2.12. The molecule has 10 nitrogen and oxygen atoms in total. The van der Waals surface area contributed by atoms with Crippen molar-refractivity contribution in [3.63, 3.8) is 0 Å². The first-order valence-electron chi connectivity index (χ1n) is 10.9. The highest BCUT2D eigenvalue weighted by Gasteiger charge is 2.18. The average molecular weight is 435 g/mol. The fourth-order valence-corrected chi connectivity index (χ4v) is 3.42. The number of aromatic nitrogens is 1. The highest BCUT2D eigenvalue weighted by atomic mass is 16.5. The van der Waals surface area contributed by atoms with Gasteiger partial charge >= 0.3 is 0 Å². The number of nitrogens with two attached hydrogens (primary N) is 4. The molecule has 0 bridgehead atoms. The van der Waals surface area contributed by atoms with E-state index < -0.39 is 0 Å². The number of likely N-dealkylation sites (N-methyl/N-ethyl adjacent to an activating group) is 1. The lowest BCUT2D eigenvalue weighted by Gasteiger charge is -2.25. The molecule has 0 aliphatic heterocycles. The van der Waals surface area contributed by atoms with Crippen molar-refractivity contribution >= 4 is 11.5 Å². The molecule has 0 spiro atoms. The van der Waals surface area contributed by atoms with E-state index in [1.165, 1.54) is 29.4 Å². The van der Waals surface area contributed by atoms with Crippen LogP contribution in [-0.2, 0) is 4.74 Å². The molecule has 0 unspecified atom stereocenters. The minimum absolute atomic E-state index is 0.147. The Morgan fingerprint density at radius 3 is 2.52 bits per heavy atom. The van der Waals surface area contributed by atoms with Crippen LogP contribution in [0.15, 0.2) is 22.9 Å². The summed E-state index contributed by atoms with van der Waals surface area (Å²) in [4.78, 5) is 4.63. The molecule has 0 saturated heterocycles. The maximum atomic E-state index is 6.39. The molecule has 31 heavy (non-hydrogen) atoms. The van der Waals surface area contributed by atoms with Gasteiger partial charge in [0.05, 0.1) is 35.4 Å². The molecule has 1 aromatic rings. The van der Waals surface area contributed by atoms with Crippen molar-refractivity contribution in [3.8, 4) is 5.75 Å². The van der Waals surface area contributed by atoms with Crippen molar-refractivity contribution in [1.82, 2.24) is 15.1 Å². The molecule has 1 heterocycles. The molecule has 0 atom stereocenters. The smallest absolute Gasteiger partial charge is 0.147 e. The predicted molar refractivity (Wildman–Crippen MR) is 123 cm³/mol. The van der Waals surface area contributed by atoms with Crippen LogP contribution in [0, 0.1) is 6.92 Å². The monoisotopic (exact) mass is 434 g/mol. The topological polar surface area (TPSA) is 154 Å². The summed E-state index contributed by atoms with van der Waals surface area (Å²) in [7, 11) is 1.68. The highest BCUT2D eigenvalue weighted by molar-refractivity contribution is 5.81. The molecule has 1 aromatic heterocycles. The number of hydrogen-bond acceptors (Lipinski definition) is 9. The molecule has 1 fully saturated rings. The van der Waals surface area contributed by atoms with E-state index in [1.807, 2.05) is 26.0 Å². The lowest BCUT2D eigenvalue weighted by molar-refractivity contribution is 0.153. The Morgan fingerprint density at radius 2 is 1.90 bits per heavy atom. The number of amidine groups is 1. The molecule has 0 radical (unpaired) electrons. The van der Waals surface area contributed by atoms with Gasteiger partial charge in [-0.2, -0.15) is 0 Å². The summed E-state index contributed by atoms with van der Waals surface area (Å²) in [5.74, 6) is 13.0. The summed E-state index contributed by atoms with van der Waals surface area (Å²) in [6, 6.07) is 3.75. The van der Waals surface area contributed by atoms with Crippen LogP contribution in [0.25, 0.3) is 5.70 Å². The van der Waals surface area contributed by atoms with E-state index in [2.05, 4.69) is 10.1 Å². The number of hydrogen-bond donors (Lipinski definition) is 4. The molecular weight excluding hydrogens is 396 g/mol. The molecule has 174 valence electrons. The molecule has 0 amide bonds. The van der Waals surface area contributed by atoms with Crippen LogP contribution >= 0.6 is 0 Å². The molecule has 1 aliphatic rings. The molecule has 0 aromatic carbocycles. The average Bonchev–Trinajstić information content (AvgIpc) is 2.73. The van der Waals surface area contributed by atoms with Crippen molar-refractivity contribution in [2.45, 2.75) is 58.5 Å². The van der Waals surface area contributed by atoms with Crippen molar-refractivity contribution in [2.24, 2.45) is 28.3 Å². The third kappa shape index (κ3) is 7.89. The number of rotatable bonds is 11. The van der Waals surface area contributed by atoms with Gasteiger partial charge in [-0.1, -0.05) is 13.3 Å². The summed E-state index contributed by atoms with van der Waals surface area (Å²) < 4.78 is 11.5. The van der Waals surface area contributed by atoms with Gasteiger partial charge in [0.1, 0.15) is 18.2 Å². The number of aryl methyl sites for hydroxylation is 1. The van der Waals surface area contributed by atoms with Gasteiger partial charge in [-0.3, -0.25) is 0 Å². The second-order valence-electron chi connectivity index (χ2n) is 7.87. The van der Waals surface area contributed by atoms with Crippen molar-refractivity contribution in [1.29, 1.82) is 0 Å². The van der Waals surface area contributed by atoms with Gasteiger partial charge < -0.3 is 25.9 Å². The third-order valence-electron chi connectivity index (χ3n) is 5.06. The van der Waals surface area contributed by atoms with E-state index in [-0.39, 0.29) is 25.1 Å². The third-order valence-corrected chi connectivity index (χ3v) is 5.06. The Bertz CT molecular complexity index is 760. The molecule has 10 heteroatoms. The van der Waals surface area contributed by atoms with Gasteiger partial charge in [-0.25, -0.2) is 21.8 Å². The van der Waals surface area contributed by atoms with E-state index in [0.29, 0.717) is 23.7 Å². The minimum atomic E-state index is 0.147. The zero-order chi connectivity index (χ0) is 22.8. The standard InChI is InChI=1S/C21H38N8O2/c1-4-12-30-14-20(22)27-29(25)13-18(28(3)24)21(23)17-10-11-19(15(2)26-17)31-16-8-6-5-7-9-16/h10-11,16H,4-9,12-14,23-25H2,1-3H3,(H2,22,27)/b21-18-. The molecule has 2 rings (SSSR count). The van der Waals surface area contributed by atoms with Crippen LogP contribution in [0.5, 0.6) is 5.75 Å². The van der Waals surface area contributed by atoms with E-state index in [9.17, 15) is 0 Å². The highest BCUT2D eigenvalue weighted by Crippen LogP contribution is 2.26. The fraction of sp³-hybridized carbons (Fsp3) is 0.619. The Hall–Kier alpha value is -2.56. The van der Waals surface area contributed by atoms with Crippen LogP contribution in [0.3, 0.4) is 0 Å². The van der Waals surface area contributed by atoms with Crippen LogP contribution in [0.2, 0.25) is 0 Å². The van der Waals surface area contributed by atoms with Crippen molar-refractivity contribution < 1.29 is 9.47 Å². The summed E-state index contributed by atoms with van der Waals surface area (Å²) in [5.41, 5.74) is 14.6. The first kappa shape index (κ1) is 24.7. The predicted octanol–water partition coefficient (Wildman–Crippen LogP) is 1.41. The van der Waals surface area contributed by atoms with Gasteiger partial charge in [0.15, 0.2) is 0 Å².